The average Bonchev–Trinajstić information content (AvgIpc) is 3.06. The van der Waals surface area contributed by atoms with E-state index >= 15 is 0 Å². The maximum absolute atomic E-state index is 12.2. The lowest BCUT2D eigenvalue weighted by Crippen LogP contribution is -2.15. The van der Waals surface area contributed by atoms with Gasteiger partial charge in [-0.25, -0.2) is 18.2 Å². The summed E-state index contributed by atoms with van der Waals surface area (Å²) in [4.78, 5) is 14.5. The largest absolute Gasteiger partial charge is 0.476 e. The molecule has 0 fully saturated rings. The van der Waals surface area contributed by atoms with Gasteiger partial charge in [0.05, 0.1) is 17.2 Å². The highest BCUT2D eigenvalue weighted by atomic mass is 32.2. The second kappa shape index (κ2) is 4.82. The van der Waals surface area contributed by atoms with Crippen LogP contribution < -0.4 is 4.72 Å². The molecule has 0 aliphatic rings. The summed E-state index contributed by atoms with van der Waals surface area (Å²) in [6, 6.07) is 4.82. The minimum atomic E-state index is -4.00. The Morgan fingerprint density at radius 3 is 2.95 bits per heavy atom. The van der Waals surface area contributed by atoms with Gasteiger partial charge in [0.15, 0.2) is 9.90 Å². The predicted octanol–water partition coefficient (Wildman–Crippen LogP) is 1.52. The topological polar surface area (TPSA) is 125 Å². The number of anilines is 1. The van der Waals surface area contributed by atoms with Gasteiger partial charge in [0.1, 0.15) is 0 Å². The lowest BCUT2D eigenvalue weighted by Gasteiger charge is -2.06. The number of aromatic nitrogens is 3. The highest BCUT2D eigenvalue weighted by Crippen LogP contribution is 2.24. The number of carboxylic acids is 1. The third kappa shape index (κ3) is 2.45. The third-order valence-corrected chi connectivity index (χ3v) is 5.43. The first kappa shape index (κ1) is 13.5. The molecular formula is C11H8N4O4S2. The number of carbonyl (C=O) groups is 1. The number of hydrogen-bond donors (Lipinski definition) is 3. The highest BCUT2D eigenvalue weighted by Gasteiger charge is 2.25. The van der Waals surface area contributed by atoms with Crippen LogP contribution in [0.3, 0.4) is 0 Å². The molecule has 0 saturated carbocycles. The molecule has 2 heterocycles. The molecular weight excluding hydrogens is 316 g/mol. The predicted molar refractivity (Wildman–Crippen MR) is 76.0 cm³/mol. The fourth-order valence-electron chi connectivity index (χ4n) is 1.78. The number of thiazole rings is 1. The van der Waals surface area contributed by atoms with Crippen LogP contribution in [0.4, 0.5) is 5.69 Å². The van der Waals surface area contributed by atoms with Crippen molar-refractivity contribution in [2.45, 2.75) is 4.21 Å². The van der Waals surface area contributed by atoms with E-state index < -0.39 is 21.7 Å². The fourth-order valence-corrected chi connectivity index (χ4v) is 3.97. The minimum Gasteiger partial charge on any atom is -0.476 e. The van der Waals surface area contributed by atoms with Gasteiger partial charge in [0.2, 0.25) is 0 Å². The molecule has 108 valence electrons. The second-order valence-corrected chi connectivity index (χ2v) is 6.80. The van der Waals surface area contributed by atoms with Crippen molar-refractivity contribution >= 4 is 43.9 Å². The Bertz CT molecular complexity index is 929. The molecule has 10 heteroatoms. The van der Waals surface area contributed by atoms with Crippen LogP contribution in [-0.2, 0) is 10.0 Å². The summed E-state index contributed by atoms with van der Waals surface area (Å²) in [6.45, 7) is 0. The van der Waals surface area contributed by atoms with Crippen molar-refractivity contribution in [3.8, 4) is 0 Å². The number of fused-ring (bicyclic) bond motifs is 1. The molecule has 21 heavy (non-hydrogen) atoms. The number of rotatable bonds is 4. The van der Waals surface area contributed by atoms with Gasteiger partial charge in [-0.05, 0) is 18.2 Å². The maximum Gasteiger partial charge on any atom is 0.356 e. The second-order valence-electron chi connectivity index (χ2n) is 4.07. The lowest BCUT2D eigenvalue weighted by molar-refractivity contribution is 0.0687. The quantitative estimate of drug-likeness (QED) is 0.668. The van der Waals surface area contributed by atoms with Gasteiger partial charge in [-0.2, -0.15) is 5.10 Å². The van der Waals surface area contributed by atoms with Gasteiger partial charge >= 0.3 is 5.97 Å². The zero-order chi connectivity index (χ0) is 15.0. The van der Waals surface area contributed by atoms with Crippen LogP contribution in [0.5, 0.6) is 0 Å². The van der Waals surface area contributed by atoms with E-state index in [1.807, 2.05) is 0 Å². The highest BCUT2D eigenvalue weighted by molar-refractivity contribution is 7.94. The molecule has 8 nitrogen and oxygen atoms in total. The van der Waals surface area contributed by atoms with Crippen molar-refractivity contribution in [2.24, 2.45) is 0 Å². The number of nitrogens with one attached hydrogen (secondary N) is 2. The molecule has 2 aromatic heterocycles. The monoisotopic (exact) mass is 324 g/mol. The van der Waals surface area contributed by atoms with E-state index in [1.54, 1.807) is 24.4 Å². The summed E-state index contributed by atoms with van der Waals surface area (Å²) < 4.78 is 26.5. The Labute approximate surface area is 122 Å². The van der Waals surface area contributed by atoms with Gasteiger partial charge in [0.25, 0.3) is 10.0 Å². The molecule has 3 N–H and O–H groups in total. The Hall–Kier alpha value is -2.46. The summed E-state index contributed by atoms with van der Waals surface area (Å²) in [5.74, 6) is -1.39. The summed E-state index contributed by atoms with van der Waals surface area (Å²) in [5.41, 5.74) is 1.77. The van der Waals surface area contributed by atoms with E-state index in [4.69, 9.17) is 5.11 Å². The summed E-state index contributed by atoms with van der Waals surface area (Å²) in [7, 11) is -4.00. The first-order valence-corrected chi connectivity index (χ1v) is 7.96. The molecule has 3 aromatic rings. The molecule has 0 bridgehead atoms. The standard InChI is InChI=1S/C11H8N4O4S2/c16-10(17)9-11(20-5-12-9)21(18,19)15-7-1-2-8-6(3-7)4-13-14-8/h1-5,15H,(H,13,14)(H,16,17). The summed E-state index contributed by atoms with van der Waals surface area (Å²) in [6.07, 6.45) is 1.56. The van der Waals surface area contributed by atoms with Crippen LogP contribution in [0, 0.1) is 0 Å². The first-order valence-electron chi connectivity index (χ1n) is 5.60. The molecule has 0 radical (unpaired) electrons. The van der Waals surface area contributed by atoms with Crippen LogP contribution in [-0.4, -0.2) is 34.7 Å². The number of nitrogens with zero attached hydrogens (tertiary/aromatic N) is 2. The number of aromatic amines is 1. The van der Waals surface area contributed by atoms with Gasteiger partial charge in [0, 0.05) is 11.1 Å². The molecule has 1 aromatic carbocycles. The van der Waals surface area contributed by atoms with Crippen LogP contribution in [0.25, 0.3) is 10.9 Å². The zero-order valence-corrected chi connectivity index (χ0v) is 11.9. The number of benzene rings is 1. The Kier molecular flexibility index (Phi) is 3.11. The fraction of sp³-hybridized carbons (Fsp3) is 0. The number of sulfonamides is 1. The van der Waals surface area contributed by atoms with Crippen molar-refractivity contribution < 1.29 is 18.3 Å². The molecule has 0 unspecified atom stereocenters. The van der Waals surface area contributed by atoms with Crippen LogP contribution in [0.15, 0.2) is 34.1 Å². The van der Waals surface area contributed by atoms with Crippen LogP contribution in [0.1, 0.15) is 10.5 Å². The van der Waals surface area contributed by atoms with Crippen molar-refractivity contribution in [1.29, 1.82) is 0 Å². The first-order chi connectivity index (χ1) is 9.97. The smallest absolute Gasteiger partial charge is 0.356 e. The van der Waals surface area contributed by atoms with Crippen LogP contribution in [0.2, 0.25) is 0 Å². The normalized spacial score (nSPS) is 11.6. The van der Waals surface area contributed by atoms with E-state index in [9.17, 15) is 13.2 Å². The Balaban J connectivity index is 1.98. The molecule has 3 rings (SSSR count). The third-order valence-electron chi connectivity index (χ3n) is 2.67. The van der Waals surface area contributed by atoms with Gasteiger partial charge < -0.3 is 5.11 Å². The lowest BCUT2D eigenvalue weighted by atomic mass is 10.2. The molecule has 0 aliphatic carbocycles. The Morgan fingerprint density at radius 2 is 2.19 bits per heavy atom. The molecule has 0 spiro atoms. The van der Waals surface area contributed by atoms with Gasteiger partial charge in [-0.1, -0.05) is 0 Å². The molecule has 0 atom stereocenters. The number of hydrogen-bond acceptors (Lipinski definition) is 6. The summed E-state index contributed by atoms with van der Waals surface area (Å²) >= 11 is 0.748. The summed E-state index contributed by atoms with van der Waals surface area (Å²) in [5, 5.41) is 16.3. The molecule has 0 aliphatic heterocycles. The zero-order valence-electron chi connectivity index (χ0n) is 10.3. The van der Waals surface area contributed by atoms with E-state index in [0.29, 0.717) is 5.69 Å². The van der Waals surface area contributed by atoms with E-state index in [2.05, 4.69) is 19.9 Å². The van der Waals surface area contributed by atoms with Crippen molar-refractivity contribution in [3.05, 3.63) is 35.6 Å². The van der Waals surface area contributed by atoms with E-state index in [-0.39, 0.29) is 4.21 Å². The van der Waals surface area contributed by atoms with Crippen molar-refractivity contribution in [1.82, 2.24) is 15.2 Å². The Morgan fingerprint density at radius 1 is 1.38 bits per heavy atom. The number of carboxylic acid groups (broad SMARTS) is 1. The number of H-pyrrole nitrogens is 1. The van der Waals surface area contributed by atoms with Crippen LogP contribution >= 0.6 is 11.3 Å². The van der Waals surface area contributed by atoms with E-state index in [0.717, 1.165) is 22.2 Å². The van der Waals surface area contributed by atoms with E-state index in [1.165, 1.54) is 5.51 Å². The maximum atomic E-state index is 12.2. The van der Waals surface area contributed by atoms with Gasteiger partial charge in [-0.3, -0.25) is 9.82 Å². The average molecular weight is 324 g/mol. The van der Waals surface area contributed by atoms with Gasteiger partial charge in [-0.15, -0.1) is 11.3 Å². The molecule has 0 saturated heterocycles. The molecule has 0 amide bonds. The van der Waals surface area contributed by atoms with Crippen molar-refractivity contribution in [3.63, 3.8) is 0 Å². The minimum absolute atomic E-state index is 0.314. The number of aromatic carboxylic acids is 1. The van der Waals surface area contributed by atoms with Crippen molar-refractivity contribution in [2.75, 3.05) is 4.72 Å². The SMILES string of the molecule is O=C(O)c1ncsc1S(=O)(=O)Nc1ccc2[nH]ncc2c1.